The monoisotopic (exact) mass is 263 g/mol. The number of rotatable bonds is 3. The van der Waals surface area contributed by atoms with Crippen LogP contribution in [0.25, 0.3) is 0 Å². The van der Waals surface area contributed by atoms with Gasteiger partial charge in [0.15, 0.2) is 0 Å². The van der Waals surface area contributed by atoms with Crippen LogP contribution in [0.3, 0.4) is 0 Å². The molecule has 96 valence electrons. The molecule has 18 heavy (non-hydrogen) atoms. The van der Waals surface area contributed by atoms with Crippen molar-refractivity contribution in [3.8, 4) is 0 Å². The molecular formula is C13H17N3OS. The Morgan fingerprint density at radius 1 is 1.44 bits per heavy atom. The van der Waals surface area contributed by atoms with E-state index < -0.39 is 0 Å². The van der Waals surface area contributed by atoms with Crippen LogP contribution in [-0.4, -0.2) is 40.2 Å². The molecular weight excluding hydrogens is 246 g/mol. The van der Waals surface area contributed by atoms with Crippen molar-refractivity contribution in [2.45, 2.75) is 31.6 Å². The highest BCUT2D eigenvalue weighted by Crippen LogP contribution is 2.27. The van der Waals surface area contributed by atoms with Crippen molar-refractivity contribution in [2.24, 2.45) is 5.73 Å². The predicted molar refractivity (Wildman–Crippen MR) is 73.3 cm³/mol. The summed E-state index contributed by atoms with van der Waals surface area (Å²) in [4.78, 5) is 7.07. The van der Waals surface area contributed by atoms with Gasteiger partial charge >= 0.3 is 0 Å². The highest BCUT2D eigenvalue weighted by atomic mass is 32.1. The lowest BCUT2D eigenvalue weighted by Crippen LogP contribution is -2.42. The van der Waals surface area contributed by atoms with Gasteiger partial charge < -0.3 is 10.5 Å². The van der Waals surface area contributed by atoms with Gasteiger partial charge in [-0.3, -0.25) is 9.88 Å². The van der Waals surface area contributed by atoms with Gasteiger partial charge in [0.05, 0.1) is 12.2 Å². The fourth-order valence-electron chi connectivity index (χ4n) is 2.86. The number of likely N-dealkylation sites (tertiary alicyclic amines) is 1. The minimum atomic E-state index is 0.377. The van der Waals surface area contributed by atoms with E-state index in [1.54, 1.807) is 6.20 Å². The zero-order valence-electron chi connectivity index (χ0n) is 10.2. The van der Waals surface area contributed by atoms with E-state index in [-0.39, 0.29) is 0 Å². The third-order valence-corrected chi connectivity index (χ3v) is 3.83. The Balaban J connectivity index is 1.75. The molecule has 2 fully saturated rings. The fraction of sp³-hybridized carbons (Fsp3) is 0.538. The van der Waals surface area contributed by atoms with Crippen LogP contribution in [0.4, 0.5) is 0 Å². The summed E-state index contributed by atoms with van der Waals surface area (Å²) >= 11 is 5.05. The Bertz CT molecular complexity index is 453. The summed E-state index contributed by atoms with van der Waals surface area (Å²) in [5, 5.41) is 0. The lowest BCUT2D eigenvalue weighted by Gasteiger charge is -2.32. The number of pyridine rings is 1. The molecule has 2 unspecified atom stereocenters. The quantitative estimate of drug-likeness (QED) is 0.827. The van der Waals surface area contributed by atoms with Gasteiger partial charge in [0.25, 0.3) is 0 Å². The Kier molecular flexibility index (Phi) is 3.28. The maximum atomic E-state index is 5.84. The summed E-state index contributed by atoms with van der Waals surface area (Å²) in [6.07, 6.45) is 4.94. The zero-order valence-corrected chi connectivity index (χ0v) is 11.0. The molecule has 0 aromatic carbocycles. The number of ether oxygens (including phenoxy) is 1. The number of aromatic nitrogens is 1. The van der Waals surface area contributed by atoms with E-state index in [0.717, 1.165) is 30.9 Å². The Labute approximate surface area is 112 Å². The van der Waals surface area contributed by atoms with E-state index in [2.05, 4.69) is 16.0 Å². The minimum absolute atomic E-state index is 0.377. The van der Waals surface area contributed by atoms with E-state index in [1.807, 2.05) is 6.07 Å². The average molecular weight is 263 g/mol. The third kappa shape index (κ3) is 2.39. The van der Waals surface area contributed by atoms with E-state index in [0.29, 0.717) is 17.2 Å². The van der Waals surface area contributed by atoms with Crippen molar-refractivity contribution >= 4 is 17.2 Å². The van der Waals surface area contributed by atoms with Gasteiger partial charge in [0.1, 0.15) is 10.7 Å². The predicted octanol–water partition coefficient (Wildman–Crippen LogP) is 1.08. The Morgan fingerprint density at radius 3 is 2.83 bits per heavy atom. The molecule has 1 aromatic heterocycles. The summed E-state index contributed by atoms with van der Waals surface area (Å²) < 4.78 is 5.84. The molecule has 0 saturated carbocycles. The summed E-state index contributed by atoms with van der Waals surface area (Å²) in [5.41, 5.74) is 7.59. The van der Waals surface area contributed by atoms with Crippen molar-refractivity contribution in [1.82, 2.24) is 9.88 Å². The van der Waals surface area contributed by atoms with E-state index >= 15 is 0 Å². The van der Waals surface area contributed by atoms with Crippen molar-refractivity contribution in [3.63, 3.8) is 0 Å². The molecule has 2 bridgehead atoms. The molecule has 2 aliphatic heterocycles. The topological polar surface area (TPSA) is 51.4 Å². The first-order valence-corrected chi connectivity index (χ1v) is 6.74. The standard InChI is InChI=1S/C13H17N3OS/c14-13(18)12-9(2-1-5-15-12)6-16-7-10-3-4-11(8-16)17-10/h1-2,5,10-11H,3-4,6-8H2,(H2,14,18). The normalized spacial score (nSPS) is 27.3. The van der Waals surface area contributed by atoms with E-state index in [1.165, 1.54) is 12.8 Å². The number of hydrogen-bond donors (Lipinski definition) is 1. The van der Waals surface area contributed by atoms with Crippen LogP contribution >= 0.6 is 12.2 Å². The first kappa shape index (κ1) is 12.0. The van der Waals surface area contributed by atoms with Crippen molar-refractivity contribution < 1.29 is 4.74 Å². The lowest BCUT2D eigenvalue weighted by molar-refractivity contribution is -0.0410. The molecule has 2 N–H and O–H groups in total. The van der Waals surface area contributed by atoms with Crippen molar-refractivity contribution in [1.29, 1.82) is 0 Å². The molecule has 2 aliphatic rings. The molecule has 4 nitrogen and oxygen atoms in total. The van der Waals surface area contributed by atoms with E-state index in [9.17, 15) is 0 Å². The van der Waals surface area contributed by atoms with Crippen LogP contribution in [0.2, 0.25) is 0 Å². The van der Waals surface area contributed by atoms with Crippen LogP contribution in [-0.2, 0) is 11.3 Å². The largest absolute Gasteiger partial charge is 0.388 e. The Hall–Kier alpha value is -1.04. The molecule has 3 heterocycles. The maximum absolute atomic E-state index is 5.84. The number of nitrogens with zero attached hydrogens (tertiary/aromatic N) is 2. The second-order valence-electron chi connectivity index (χ2n) is 5.03. The van der Waals surface area contributed by atoms with Crippen molar-refractivity contribution in [3.05, 3.63) is 29.6 Å². The number of thiocarbonyl (C=S) groups is 1. The van der Waals surface area contributed by atoms with E-state index in [4.69, 9.17) is 22.7 Å². The fourth-order valence-corrected chi connectivity index (χ4v) is 3.04. The molecule has 2 atom stereocenters. The molecule has 5 heteroatoms. The van der Waals surface area contributed by atoms with Crippen molar-refractivity contribution in [2.75, 3.05) is 13.1 Å². The number of nitrogens with two attached hydrogens (primary N) is 1. The van der Waals surface area contributed by atoms with Crippen LogP contribution < -0.4 is 5.73 Å². The Morgan fingerprint density at radius 2 is 2.17 bits per heavy atom. The first-order valence-electron chi connectivity index (χ1n) is 6.34. The van der Waals surface area contributed by atoms with Gasteiger partial charge in [0, 0.05) is 25.8 Å². The lowest BCUT2D eigenvalue weighted by atomic mass is 10.1. The smallest absolute Gasteiger partial charge is 0.123 e. The second kappa shape index (κ2) is 4.91. The van der Waals surface area contributed by atoms with Gasteiger partial charge in [-0.2, -0.15) is 0 Å². The molecule has 0 spiro atoms. The molecule has 0 aliphatic carbocycles. The maximum Gasteiger partial charge on any atom is 0.123 e. The molecule has 2 saturated heterocycles. The van der Waals surface area contributed by atoms with Gasteiger partial charge in [-0.1, -0.05) is 18.3 Å². The summed E-state index contributed by atoms with van der Waals surface area (Å²) in [6, 6.07) is 3.99. The molecule has 0 radical (unpaired) electrons. The minimum Gasteiger partial charge on any atom is -0.388 e. The van der Waals surface area contributed by atoms with Crippen LogP contribution in [0.1, 0.15) is 24.1 Å². The van der Waals surface area contributed by atoms with Gasteiger partial charge in [-0.25, -0.2) is 0 Å². The van der Waals surface area contributed by atoms with Crippen LogP contribution in [0, 0.1) is 0 Å². The van der Waals surface area contributed by atoms with Gasteiger partial charge in [-0.05, 0) is 24.5 Å². The summed E-state index contributed by atoms with van der Waals surface area (Å²) in [5.74, 6) is 0. The SMILES string of the molecule is NC(=S)c1ncccc1CN1CC2CCC(C1)O2. The zero-order chi connectivity index (χ0) is 12.5. The van der Waals surface area contributed by atoms with Crippen LogP contribution in [0.15, 0.2) is 18.3 Å². The first-order chi connectivity index (χ1) is 8.72. The van der Waals surface area contributed by atoms with Gasteiger partial charge in [0.2, 0.25) is 0 Å². The number of morpholine rings is 1. The van der Waals surface area contributed by atoms with Gasteiger partial charge in [-0.15, -0.1) is 0 Å². The summed E-state index contributed by atoms with van der Waals surface area (Å²) in [6.45, 7) is 2.86. The van der Waals surface area contributed by atoms with Crippen LogP contribution in [0.5, 0.6) is 0 Å². The average Bonchev–Trinajstić information content (AvgIpc) is 2.69. The highest BCUT2D eigenvalue weighted by Gasteiger charge is 2.33. The second-order valence-corrected chi connectivity index (χ2v) is 5.47. The third-order valence-electron chi connectivity index (χ3n) is 3.64. The summed E-state index contributed by atoms with van der Waals surface area (Å²) in [7, 11) is 0. The number of hydrogen-bond acceptors (Lipinski definition) is 4. The molecule has 3 rings (SSSR count). The molecule has 1 aromatic rings. The highest BCUT2D eigenvalue weighted by molar-refractivity contribution is 7.80. The number of fused-ring (bicyclic) bond motifs is 2. The molecule has 0 amide bonds.